The number of likely N-dealkylation sites (tertiary alicyclic amines) is 1. The number of benzene rings is 1. The zero-order valence-corrected chi connectivity index (χ0v) is 15.7. The van der Waals surface area contributed by atoms with Crippen LogP contribution < -0.4 is 10.6 Å². The van der Waals surface area contributed by atoms with Crippen molar-refractivity contribution in [3.63, 3.8) is 0 Å². The van der Waals surface area contributed by atoms with Crippen molar-refractivity contribution in [2.24, 2.45) is 0 Å². The molecule has 2 heterocycles. The first-order valence-electron chi connectivity index (χ1n) is 9.62. The zero-order chi connectivity index (χ0) is 18.5. The summed E-state index contributed by atoms with van der Waals surface area (Å²) in [5.74, 6) is 0. The van der Waals surface area contributed by atoms with Crippen LogP contribution in [0.25, 0.3) is 0 Å². The van der Waals surface area contributed by atoms with Gasteiger partial charge in [0.1, 0.15) is 0 Å². The SMILES string of the molecule is CC(C)NC(=O)N1CC2CCC(C1)N2CCCNc1ccc(C#N)cc1. The van der Waals surface area contributed by atoms with E-state index in [1.165, 1.54) is 12.8 Å². The second-order valence-electron chi connectivity index (χ2n) is 7.60. The largest absolute Gasteiger partial charge is 0.385 e. The lowest BCUT2D eigenvalue weighted by Gasteiger charge is -2.41. The Morgan fingerprint density at radius 2 is 1.88 bits per heavy atom. The van der Waals surface area contributed by atoms with Gasteiger partial charge < -0.3 is 15.5 Å². The fourth-order valence-electron chi connectivity index (χ4n) is 4.02. The molecule has 26 heavy (non-hydrogen) atoms. The fourth-order valence-corrected chi connectivity index (χ4v) is 4.02. The summed E-state index contributed by atoms with van der Waals surface area (Å²) in [6.07, 6.45) is 3.46. The van der Waals surface area contributed by atoms with Crippen molar-refractivity contribution in [3.05, 3.63) is 29.8 Å². The minimum atomic E-state index is 0.0824. The summed E-state index contributed by atoms with van der Waals surface area (Å²) < 4.78 is 0. The number of nitriles is 1. The van der Waals surface area contributed by atoms with E-state index in [2.05, 4.69) is 21.6 Å². The van der Waals surface area contributed by atoms with Gasteiger partial charge >= 0.3 is 6.03 Å². The maximum absolute atomic E-state index is 12.3. The Morgan fingerprint density at radius 1 is 1.23 bits per heavy atom. The lowest BCUT2D eigenvalue weighted by molar-refractivity contribution is 0.0819. The number of amides is 2. The van der Waals surface area contributed by atoms with Crippen LogP contribution in [0.1, 0.15) is 38.7 Å². The number of anilines is 1. The Morgan fingerprint density at radius 3 is 2.46 bits per heavy atom. The van der Waals surface area contributed by atoms with Crippen molar-refractivity contribution in [1.82, 2.24) is 15.1 Å². The Kier molecular flexibility index (Phi) is 6.00. The van der Waals surface area contributed by atoms with Crippen LogP contribution in [0.5, 0.6) is 0 Å². The van der Waals surface area contributed by atoms with Crippen molar-refractivity contribution < 1.29 is 4.79 Å². The van der Waals surface area contributed by atoms with Crippen LogP contribution >= 0.6 is 0 Å². The Hall–Kier alpha value is -2.26. The molecule has 2 fully saturated rings. The van der Waals surface area contributed by atoms with Crippen molar-refractivity contribution in [2.45, 2.75) is 51.2 Å². The average Bonchev–Trinajstić information content (AvgIpc) is 2.86. The van der Waals surface area contributed by atoms with Crippen LogP contribution in [-0.4, -0.2) is 60.1 Å². The first kappa shape index (κ1) is 18.5. The molecule has 2 atom stereocenters. The molecule has 0 radical (unpaired) electrons. The molecule has 2 amide bonds. The number of piperazine rings is 1. The first-order chi connectivity index (χ1) is 12.6. The summed E-state index contributed by atoms with van der Waals surface area (Å²) in [6.45, 7) is 7.68. The van der Waals surface area contributed by atoms with Crippen LogP contribution in [0.3, 0.4) is 0 Å². The van der Waals surface area contributed by atoms with Crippen LogP contribution in [0, 0.1) is 11.3 Å². The zero-order valence-electron chi connectivity index (χ0n) is 15.7. The molecule has 3 rings (SSSR count). The van der Waals surface area contributed by atoms with Gasteiger partial charge in [-0.25, -0.2) is 4.79 Å². The standard InChI is InChI=1S/C20H29N5O/c1-15(2)23-20(26)24-13-18-8-9-19(14-24)25(18)11-3-10-22-17-6-4-16(12-21)5-7-17/h4-7,15,18-19,22H,3,8-11,13-14H2,1-2H3,(H,23,26). The molecule has 1 aromatic carbocycles. The highest BCUT2D eigenvalue weighted by Crippen LogP contribution is 2.30. The number of rotatable bonds is 6. The lowest BCUT2D eigenvalue weighted by Crippen LogP contribution is -2.58. The summed E-state index contributed by atoms with van der Waals surface area (Å²) in [5.41, 5.74) is 1.74. The summed E-state index contributed by atoms with van der Waals surface area (Å²) in [6, 6.07) is 11.0. The van der Waals surface area contributed by atoms with Gasteiger partial charge in [-0.3, -0.25) is 4.90 Å². The molecule has 0 aromatic heterocycles. The molecule has 0 aliphatic carbocycles. The van der Waals surface area contributed by atoms with Gasteiger partial charge in [0.15, 0.2) is 0 Å². The second kappa shape index (κ2) is 8.41. The van der Waals surface area contributed by atoms with Gasteiger partial charge in [0.05, 0.1) is 11.6 Å². The van der Waals surface area contributed by atoms with Crippen LogP contribution in [0.4, 0.5) is 10.5 Å². The van der Waals surface area contributed by atoms with E-state index in [1.54, 1.807) is 0 Å². The summed E-state index contributed by atoms with van der Waals surface area (Å²) in [7, 11) is 0. The molecule has 2 bridgehead atoms. The minimum Gasteiger partial charge on any atom is -0.385 e. The van der Waals surface area contributed by atoms with Crippen molar-refractivity contribution in [3.8, 4) is 6.07 Å². The molecule has 0 spiro atoms. The van der Waals surface area contributed by atoms with Crippen LogP contribution in [0.15, 0.2) is 24.3 Å². The second-order valence-corrected chi connectivity index (χ2v) is 7.60. The normalized spacial score (nSPS) is 22.3. The van der Waals surface area contributed by atoms with Gasteiger partial charge in [-0.1, -0.05) is 0 Å². The number of carbonyl (C=O) groups excluding carboxylic acids is 1. The number of hydrogen-bond acceptors (Lipinski definition) is 4. The van der Waals surface area contributed by atoms with Crippen LogP contribution in [-0.2, 0) is 0 Å². The van der Waals surface area contributed by atoms with E-state index in [0.717, 1.165) is 38.3 Å². The smallest absolute Gasteiger partial charge is 0.317 e. The van der Waals surface area contributed by atoms with E-state index in [9.17, 15) is 4.79 Å². The fraction of sp³-hybridized carbons (Fsp3) is 0.600. The van der Waals surface area contributed by atoms with Crippen molar-refractivity contribution in [2.75, 3.05) is 31.5 Å². The third kappa shape index (κ3) is 4.47. The minimum absolute atomic E-state index is 0.0824. The van der Waals surface area contributed by atoms with E-state index in [-0.39, 0.29) is 12.1 Å². The molecule has 2 saturated heterocycles. The van der Waals surface area contributed by atoms with Crippen molar-refractivity contribution in [1.29, 1.82) is 5.26 Å². The molecular formula is C20H29N5O. The van der Waals surface area contributed by atoms with Gasteiger partial charge in [0.2, 0.25) is 0 Å². The van der Waals surface area contributed by atoms with Crippen molar-refractivity contribution >= 4 is 11.7 Å². The number of nitrogens with zero attached hydrogens (tertiary/aromatic N) is 3. The molecule has 2 aliphatic rings. The van der Waals surface area contributed by atoms with E-state index >= 15 is 0 Å². The molecule has 140 valence electrons. The number of carbonyl (C=O) groups is 1. The molecule has 2 N–H and O–H groups in total. The number of nitrogens with one attached hydrogen (secondary N) is 2. The van der Waals surface area contributed by atoms with E-state index in [0.29, 0.717) is 17.6 Å². The third-order valence-corrected chi connectivity index (χ3v) is 5.27. The number of hydrogen-bond donors (Lipinski definition) is 2. The monoisotopic (exact) mass is 355 g/mol. The molecule has 0 saturated carbocycles. The van der Waals surface area contributed by atoms with E-state index in [1.807, 2.05) is 43.0 Å². The molecule has 1 aromatic rings. The molecule has 6 nitrogen and oxygen atoms in total. The Balaban J connectivity index is 1.42. The summed E-state index contributed by atoms with van der Waals surface area (Å²) >= 11 is 0. The quantitative estimate of drug-likeness (QED) is 0.770. The van der Waals surface area contributed by atoms with Gasteiger partial charge in [-0.05, 0) is 57.4 Å². The van der Waals surface area contributed by atoms with Crippen LogP contribution in [0.2, 0.25) is 0 Å². The highest BCUT2D eigenvalue weighted by molar-refractivity contribution is 5.74. The van der Waals surface area contributed by atoms with Gasteiger partial charge in [-0.2, -0.15) is 5.26 Å². The topological polar surface area (TPSA) is 71.4 Å². The van der Waals surface area contributed by atoms with Gasteiger partial charge in [-0.15, -0.1) is 0 Å². The van der Waals surface area contributed by atoms with Gasteiger partial charge in [0.25, 0.3) is 0 Å². The predicted octanol–water partition coefficient (Wildman–Crippen LogP) is 2.63. The van der Waals surface area contributed by atoms with E-state index in [4.69, 9.17) is 5.26 Å². The highest BCUT2D eigenvalue weighted by atomic mass is 16.2. The molecule has 6 heteroatoms. The summed E-state index contributed by atoms with van der Waals surface area (Å²) in [5, 5.41) is 15.3. The maximum atomic E-state index is 12.3. The summed E-state index contributed by atoms with van der Waals surface area (Å²) in [4.78, 5) is 16.9. The predicted molar refractivity (Wildman–Crippen MR) is 103 cm³/mol. The first-order valence-corrected chi connectivity index (χ1v) is 9.62. The maximum Gasteiger partial charge on any atom is 0.317 e. The lowest BCUT2D eigenvalue weighted by atomic mass is 10.1. The molecule has 2 aliphatic heterocycles. The third-order valence-electron chi connectivity index (χ3n) is 5.27. The Labute approximate surface area is 156 Å². The van der Waals surface area contributed by atoms with E-state index < -0.39 is 0 Å². The molecule has 2 unspecified atom stereocenters. The highest BCUT2D eigenvalue weighted by Gasteiger charge is 2.40. The average molecular weight is 355 g/mol. The molecular weight excluding hydrogens is 326 g/mol. The number of fused-ring (bicyclic) bond motifs is 2. The number of urea groups is 1. The Bertz CT molecular complexity index is 637. The van der Waals surface area contributed by atoms with Gasteiger partial charge in [0, 0.05) is 50.0 Å².